The number of nitrogens with zero attached hydrogens (tertiary/aromatic N) is 3. The molecule has 2 fully saturated rings. The largest absolute Gasteiger partial charge is 0.497 e. The molecule has 1 saturated heterocycles. The number of aldehydes is 1. The predicted molar refractivity (Wildman–Crippen MR) is 164 cm³/mol. The molecule has 1 aliphatic heterocycles. The quantitative estimate of drug-likeness (QED) is 0.121. The lowest BCUT2D eigenvalue weighted by molar-refractivity contribution is -0.137. The number of unbranched alkanes of at least 4 members (excludes halogenated alkanes) is 4. The molecule has 0 spiro atoms. The van der Waals surface area contributed by atoms with Crippen LogP contribution in [0.25, 0.3) is 21.6 Å². The zero-order valence-corrected chi connectivity index (χ0v) is 25.4. The van der Waals surface area contributed by atoms with E-state index in [9.17, 15) is 14.4 Å². The molecule has 1 amide bonds. The van der Waals surface area contributed by atoms with Gasteiger partial charge in [0.05, 0.1) is 25.2 Å². The Kier molecular flexibility index (Phi) is 9.36. The fourth-order valence-corrected chi connectivity index (χ4v) is 6.32. The maximum absolute atomic E-state index is 13.2. The number of benzene rings is 1. The number of methoxy groups -OCH3 is 1. The number of likely N-dealkylation sites (tertiary alicyclic amines) is 1. The molecule has 0 bridgehead atoms. The maximum atomic E-state index is 13.2. The van der Waals surface area contributed by atoms with Gasteiger partial charge in [0.15, 0.2) is 5.78 Å². The van der Waals surface area contributed by atoms with Crippen LogP contribution in [0.3, 0.4) is 0 Å². The highest BCUT2D eigenvalue weighted by Crippen LogP contribution is 2.51. The molecule has 3 aromatic rings. The molecule has 0 N–H and O–H groups in total. The SMILES string of the molecule is COc1ccc2c(O[C@@H]3C[C@@H](C(C)=O)N(C(=O)CCCCCC/C=C\[C@@H]4C[C@]4(C)C=O)C3)cc(-c3nccs3)nc2c1. The first-order valence-corrected chi connectivity index (χ1v) is 15.7. The van der Waals surface area contributed by atoms with E-state index in [2.05, 4.69) is 17.1 Å². The number of carbonyl (C=O) groups excluding carboxylic acids is 3. The van der Waals surface area contributed by atoms with Crippen LogP contribution < -0.4 is 9.47 Å². The van der Waals surface area contributed by atoms with E-state index in [-0.39, 0.29) is 23.2 Å². The lowest BCUT2D eigenvalue weighted by Crippen LogP contribution is -2.39. The molecule has 1 aromatic carbocycles. The number of hydrogen-bond acceptors (Lipinski definition) is 8. The van der Waals surface area contributed by atoms with Crippen LogP contribution in [-0.4, -0.2) is 58.6 Å². The number of Topliss-reactive ketones (excluding diaryl/α,β-unsaturated/α-hetero) is 1. The number of amides is 1. The van der Waals surface area contributed by atoms with Crippen molar-refractivity contribution in [3.63, 3.8) is 0 Å². The van der Waals surface area contributed by atoms with Crippen molar-refractivity contribution in [2.45, 2.75) is 77.4 Å². The van der Waals surface area contributed by atoms with Gasteiger partial charge in [-0.15, -0.1) is 11.3 Å². The van der Waals surface area contributed by atoms with Gasteiger partial charge in [-0.1, -0.05) is 31.9 Å². The first-order valence-electron chi connectivity index (χ1n) is 14.8. The van der Waals surface area contributed by atoms with Crippen molar-refractivity contribution in [3.8, 4) is 22.2 Å². The number of rotatable bonds is 14. The highest BCUT2D eigenvalue weighted by Gasteiger charge is 2.48. The highest BCUT2D eigenvalue weighted by atomic mass is 32.1. The molecule has 0 unspecified atom stereocenters. The van der Waals surface area contributed by atoms with Crippen molar-refractivity contribution in [3.05, 3.63) is 48.0 Å². The Labute approximate surface area is 251 Å². The number of hydrogen-bond donors (Lipinski definition) is 0. The number of aromatic nitrogens is 2. The van der Waals surface area contributed by atoms with Crippen LogP contribution >= 0.6 is 11.3 Å². The molecule has 4 atom stereocenters. The summed E-state index contributed by atoms with van der Waals surface area (Å²) in [6.07, 6.45) is 13.6. The third kappa shape index (κ3) is 6.89. The minimum Gasteiger partial charge on any atom is -0.497 e. The van der Waals surface area contributed by atoms with Crippen molar-refractivity contribution >= 4 is 40.2 Å². The van der Waals surface area contributed by atoms with Crippen LogP contribution in [0.15, 0.2) is 48.0 Å². The lowest BCUT2D eigenvalue weighted by Gasteiger charge is -2.22. The van der Waals surface area contributed by atoms with E-state index >= 15 is 0 Å². The molecule has 3 heterocycles. The Morgan fingerprint density at radius 1 is 1.19 bits per heavy atom. The smallest absolute Gasteiger partial charge is 0.223 e. The molecular weight excluding hydrogens is 550 g/mol. The molecule has 222 valence electrons. The van der Waals surface area contributed by atoms with E-state index in [1.165, 1.54) is 11.3 Å². The summed E-state index contributed by atoms with van der Waals surface area (Å²) in [5.41, 5.74) is 1.30. The van der Waals surface area contributed by atoms with Crippen LogP contribution in [0.1, 0.15) is 65.2 Å². The zero-order chi connectivity index (χ0) is 29.7. The molecular formula is C33H39N3O5S. The van der Waals surface area contributed by atoms with Gasteiger partial charge in [-0.3, -0.25) is 9.59 Å². The third-order valence-electron chi connectivity index (χ3n) is 8.47. The van der Waals surface area contributed by atoms with Gasteiger partial charge in [0.2, 0.25) is 5.91 Å². The number of ether oxygens (including phenoxy) is 2. The summed E-state index contributed by atoms with van der Waals surface area (Å²) in [6, 6.07) is 7.08. The van der Waals surface area contributed by atoms with Gasteiger partial charge in [0.1, 0.15) is 34.6 Å². The molecule has 9 heteroatoms. The minimum atomic E-state index is -0.473. The number of pyridine rings is 1. The molecule has 1 aliphatic carbocycles. The van der Waals surface area contributed by atoms with Gasteiger partial charge >= 0.3 is 0 Å². The van der Waals surface area contributed by atoms with E-state index in [1.807, 2.05) is 36.6 Å². The topological polar surface area (TPSA) is 98.7 Å². The van der Waals surface area contributed by atoms with Gasteiger partial charge in [-0.05, 0) is 50.7 Å². The molecule has 8 nitrogen and oxygen atoms in total. The molecule has 5 rings (SSSR count). The summed E-state index contributed by atoms with van der Waals surface area (Å²) >= 11 is 1.50. The van der Waals surface area contributed by atoms with E-state index in [0.29, 0.717) is 42.5 Å². The predicted octanol–water partition coefficient (Wildman–Crippen LogP) is 6.43. The van der Waals surface area contributed by atoms with Crippen LogP contribution in [0, 0.1) is 11.3 Å². The van der Waals surface area contributed by atoms with Crippen LogP contribution in [0.5, 0.6) is 11.5 Å². The molecule has 2 aliphatic rings. The van der Waals surface area contributed by atoms with Gasteiger partial charge in [-0.25, -0.2) is 9.97 Å². The summed E-state index contributed by atoms with van der Waals surface area (Å²) in [5.74, 6) is 1.74. The Morgan fingerprint density at radius 2 is 2.02 bits per heavy atom. The minimum absolute atomic E-state index is 0.0101. The Hall–Kier alpha value is -3.59. The Balaban J connectivity index is 1.17. The summed E-state index contributed by atoms with van der Waals surface area (Å²) in [4.78, 5) is 47.7. The number of thiazole rings is 1. The van der Waals surface area contributed by atoms with Gasteiger partial charge in [-0.2, -0.15) is 0 Å². The number of fused-ring (bicyclic) bond motifs is 1. The van der Waals surface area contributed by atoms with Gasteiger partial charge < -0.3 is 19.2 Å². The van der Waals surface area contributed by atoms with Gasteiger partial charge in [0.25, 0.3) is 0 Å². The highest BCUT2D eigenvalue weighted by molar-refractivity contribution is 7.13. The summed E-state index contributed by atoms with van der Waals surface area (Å²) < 4.78 is 11.9. The first-order chi connectivity index (χ1) is 20.3. The van der Waals surface area contributed by atoms with Crippen molar-refractivity contribution in [1.82, 2.24) is 14.9 Å². The second kappa shape index (κ2) is 13.2. The average Bonchev–Trinajstić information content (AvgIpc) is 3.35. The van der Waals surface area contributed by atoms with Crippen molar-refractivity contribution in [2.75, 3.05) is 13.7 Å². The monoisotopic (exact) mass is 589 g/mol. The number of ketones is 1. The van der Waals surface area contributed by atoms with E-state index in [0.717, 1.165) is 60.7 Å². The second-order valence-corrected chi connectivity index (χ2v) is 12.6. The van der Waals surface area contributed by atoms with E-state index in [4.69, 9.17) is 14.5 Å². The molecule has 2 aromatic heterocycles. The Morgan fingerprint density at radius 3 is 2.74 bits per heavy atom. The fraction of sp³-hybridized carbons (Fsp3) is 0.485. The number of allylic oxidation sites excluding steroid dienone is 2. The summed E-state index contributed by atoms with van der Waals surface area (Å²) in [7, 11) is 1.62. The fourth-order valence-electron chi connectivity index (χ4n) is 5.72. The molecule has 1 saturated carbocycles. The van der Waals surface area contributed by atoms with Crippen molar-refractivity contribution in [1.29, 1.82) is 0 Å². The van der Waals surface area contributed by atoms with E-state index in [1.54, 1.807) is 25.1 Å². The second-order valence-electron chi connectivity index (χ2n) is 11.7. The first kappa shape index (κ1) is 29.9. The Bertz CT molecular complexity index is 1460. The van der Waals surface area contributed by atoms with Crippen LogP contribution in [0.2, 0.25) is 0 Å². The van der Waals surface area contributed by atoms with Crippen molar-refractivity contribution < 1.29 is 23.9 Å². The standard InChI is InChI=1S/C33H39N3O5S/c1-22(38)29-17-25(20-36(29)31(39)11-9-7-5-4-6-8-10-23-19-33(23,2)21-37)41-30-18-28(32-34-14-15-42-32)35-27-16-24(40-3)12-13-26(27)30/h8,10,12-16,18,21,23,25,29H,4-7,9,11,17,19-20H2,1-3H3/b10-8-/t23-,25-,29+,33-/m1/s1. The molecule has 0 radical (unpaired) electrons. The van der Waals surface area contributed by atoms with Crippen LogP contribution in [-0.2, 0) is 14.4 Å². The average molecular weight is 590 g/mol. The van der Waals surface area contributed by atoms with Crippen molar-refractivity contribution in [2.24, 2.45) is 11.3 Å². The summed E-state index contributed by atoms with van der Waals surface area (Å²) in [6.45, 7) is 3.94. The lowest BCUT2D eigenvalue weighted by atomic mass is 10.1. The third-order valence-corrected chi connectivity index (χ3v) is 9.27. The normalized spacial score (nSPS) is 23.4. The maximum Gasteiger partial charge on any atom is 0.223 e. The molecule has 42 heavy (non-hydrogen) atoms. The van der Waals surface area contributed by atoms with Gasteiger partial charge in [0, 0.05) is 47.4 Å². The van der Waals surface area contributed by atoms with Crippen LogP contribution in [0.4, 0.5) is 0 Å². The summed E-state index contributed by atoms with van der Waals surface area (Å²) in [5, 5.41) is 3.53. The zero-order valence-electron chi connectivity index (χ0n) is 24.6. The number of carbonyl (C=O) groups is 3. The van der Waals surface area contributed by atoms with E-state index < -0.39 is 6.04 Å².